The number of nitrogens with one attached hydrogen (secondary N) is 1. The SMILES string of the molecule is CCOC(=O)CCCCCOCc1ccccc1N(C)C(=O)c1ccc(NC(=O)c2ccccc2OCc2ccccc2)cc1. The average molecular weight is 609 g/mol. The number of benzene rings is 4. The first-order valence-corrected chi connectivity index (χ1v) is 15.2. The number of unbranched alkanes of at least 4 members (excludes halogenated alkanes) is 2. The molecule has 0 unspecified atom stereocenters. The van der Waals surface area contributed by atoms with Crippen LogP contribution >= 0.6 is 0 Å². The lowest BCUT2D eigenvalue weighted by atomic mass is 10.1. The van der Waals surface area contributed by atoms with E-state index in [0.717, 1.165) is 36.1 Å². The Balaban J connectivity index is 1.30. The number of anilines is 2. The first kappa shape index (κ1) is 33.0. The largest absolute Gasteiger partial charge is 0.488 e. The number of carbonyl (C=O) groups excluding carboxylic acids is 3. The average Bonchev–Trinajstić information content (AvgIpc) is 3.07. The zero-order valence-corrected chi connectivity index (χ0v) is 25.9. The van der Waals surface area contributed by atoms with Crippen LogP contribution in [0.15, 0.2) is 103 Å². The molecule has 2 amide bonds. The molecule has 0 aliphatic carbocycles. The van der Waals surface area contributed by atoms with Crippen molar-refractivity contribution in [1.29, 1.82) is 0 Å². The summed E-state index contributed by atoms with van der Waals surface area (Å²) in [5, 5.41) is 2.90. The van der Waals surface area contributed by atoms with Gasteiger partial charge in [0.2, 0.25) is 0 Å². The summed E-state index contributed by atoms with van der Waals surface area (Å²) in [6.45, 7) is 3.49. The highest BCUT2D eigenvalue weighted by molar-refractivity contribution is 6.08. The van der Waals surface area contributed by atoms with Gasteiger partial charge >= 0.3 is 5.97 Å². The summed E-state index contributed by atoms with van der Waals surface area (Å²) in [4.78, 5) is 39.5. The molecule has 8 nitrogen and oxygen atoms in total. The standard InChI is InChI=1S/C37H40N2O6/c1-3-44-35(40)20-8-5-13-25-43-27-30-16-9-11-18-33(30)39(2)37(42)29-21-23-31(24-22-29)38-36(41)32-17-10-12-19-34(32)45-26-28-14-6-4-7-15-28/h4,6-7,9-12,14-19,21-24H,3,5,8,13,20,25-27H2,1-2H3,(H,38,41). The van der Waals surface area contributed by atoms with E-state index in [1.807, 2.05) is 60.7 Å². The van der Waals surface area contributed by atoms with Gasteiger partial charge in [0.15, 0.2) is 0 Å². The van der Waals surface area contributed by atoms with E-state index in [0.29, 0.717) is 55.4 Å². The van der Waals surface area contributed by atoms with E-state index in [1.54, 1.807) is 61.3 Å². The molecule has 234 valence electrons. The van der Waals surface area contributed by atoms with Crippen molar-refractivity contribution in [2.45, 2.75) is 45.8 Å². The first-order valence-electron chi connectivity index (χ1n) is 15.2. The summed E-state index contributed by atoms with van der Waals surface area (Å²) in [5.74, 6) is -0.156. The van der Waals surface area contributed by atoms with Crippen molar-refractivity contribution in [1.82, 2.24) is 0 Å². The minimum absolute atomic E-state index is 0.162. The molecule has 0 aliphatic heterocycles. The molecule has 0 saturated carbocycles. The Kier molecular flexibility index (Phi) is 12.7. The number of para-hydroxylation sites is 2. The van der Waals surface area contributed by atoms with Gasteiger partial charge in [-0.2, -0.15) is 0 Å². The molecular weight excluding hydrogens is 568 g/mol. The topological polar surface area (TPSA) is 94.2 Å². The molecule has 0 heterocycles. The Hall–Kier alpha value is -4.95. The van der Waals surface area contributed by atoms with Gasteiger partial charge in [-0.05, 0) is 67.8 Å². The van der Waals surface area contributed by atoms with Crippen molar-refractivity contribution in [3.63, 3.8) is 0 Å². The maximum absolute atomic E-state index is 13.4. The zero-order chi connectivity index (χ0) is 31.9. The van der Waals surface area contributed by atoms with Crippen LogP contribution in [0.25, 0.3) is 0 Å². The summed E-state index contributed by atoms with van der Waals surface area (Å²) < 4.78 is 16.8. The quantitative estimate of drug-likeness (QED) is 0.105. The van der Waals surface area contributed by atoms with Crippen LogP contribution in [0.3, 0.4) is 0 Å². The van der Waals surface area contributed by atoms with Crippen LogP contribution in [0.4, 0.5) is 11.4 Å². The van der Waals surface area contributed by atoms with Crippen LogP contribution in [0.2, 0.25) is 0 Å². The Morgan fingerprint density at radius 3 is 2.24 bits per heavy atom. The lowest BCUT2D eigenvalue weighted by Gasteiger charge is -2.21. The van der Waals surface area contributed by atoms with Crippen LogP contribution in [0.1, 0.15) is 64.4 Å². The molecule has 45 heavy (non-hydrogen) atoms. The molecule has 0 bridgehead atoms. The van der Waals surface area contributed by atoms with E-state index in [9.17, 15) is 14.4 Å². The van der Waals surface area contributed by atoms with Gasteiger partial charge in [0.1, 0.15) is 12.4 Å². The molecule has 4 aromatic rings. The number of nitrogens with zero attached hydrogens (tertiary/aromatic N) is 1. The number of rotatable bonds is 16. The molecule has 4 rings (SSSR count). The van der Waals surface area contributed by atoms with Crippen LogP contribution < -0.4 is 15.0 Å². The number of carbonyl (C=O) groups is 3. The Labute approximate surface area is 264 Å². The Morgan fingerprint density at radius 1 is 0.756 bits per heavy atom. The molecule has 0 radical (unpaired) electrons. The smallest absolute Gasteiger partial charge is 0.305 e. The van der Waals surface area contributed by atoms with Crippen LogP contribution in [0.5, 0.6) is 5.75 Å². The minimum Gasteiger partial charge on any atom is -0.488 e. The van der Waals surface area contributed by atoms with Crippen molar-refractivity contribution in [2.24, 2.45) is 0 Å². The fourth-order valence-electron chi connectivity index (χ4n) is 4.74. The lowest BCUT2D eigenvalue weighted by molar-refractivity contribution is -0.143. The molecule has 0 atom stereocenters. The van der Waals surface area contributed by atoms with Gasteiger partial charge < -0.3 is 24.4 Å². The zero-order valence-electron chi connectivity index (χ0n) is 25.9. The van der Waals surface area contributed by atoms with Gasteiger partial charge in [-0.25, -0.2) is 0 Å². The van der Waals surface area contributed by atoms with E-state index in [4.69, 9.17) is 14.2 Å². The van der Waals surface area contributed by atoms with E-state index in [2.05, 4.69) is 5.32 Å². The molecule has 0 fully saturated rings. The van der Waals surface area contributed by atoms with E-state index in [1.165, 1.54) is 0 Å². The molecule has 0 aromatic heterocycles. The normalized spacial score (nSPS) is 10.6. The molecule has 0 saturated heterocycles. The third kappa shape index (κ3) is 10.0. The van der Waals surface area contributed by atoms with Crippen LogP contribution in [-0.2, 0) is 27.5 Å². The van der Waals surface area contributed by atoms with Crippen molar-refractivity contribution < 1.29 is 28.6 Å². The highest BCUT2D eigenvalue weighted by Gasteiger charge is 2.17. The molecule has 0 spiro atoms. The molecule has 0 aliphatic rings. The summed E-state index contributed by atoms with van der Waals surface area (Å²) in [7, 11) is 1.73. The van der Waals surface area contributed by atoms with Crippen LogP contribution in [0, 0.1) is 0 Å². The maximum Gasteiger partial charge on any atom is 0.305 e. The summed E-state index contributed by atoms with van der Waals surface area (Å²) >= 11 is 0. The number of ether oxygens (including phenoxy) is 3. The van der Waals surface area contributed by atoms with Gasteiger partial charge in [-0.3, -0.25) is 14.4 Å². The maximum atomic E-state index is 13.4. The Bertz CT molecular complexity index is 1540. The van der Waals surface area contributed by atoms with Gasteiger partial charge in [0.05, 0.1) is 18.8 Å². The third-order valence-electron chi connectivity index (χ3n) is 7.15. The molecule has 4 aromatic carbocycles. The van der Waals surface area contributed by atoms with Crippen molar-refractivity contribution in [3.8, 4) is 5.75 Å². The van der Waals surface area contributed by atoms with Crippen molar-refractivity contribution in [2.75, 3.05) is 30.5 Å². The van der Waals surface area contributed by atoms with E-state index in [-0.39, 0.29) is 17.8 Å². The number of hydrogen-bond donors (Lipinski definition) is 1. The highest BCUT2D eigenvalue weighted by Crippen LogP contribution is 2.24. The molecule has 1 N–H and O–H groups in total. The van der Waals surface area contributed by atoms with Crippen LogP contribution in [-0.4, -0.2) is 38.0 Å². The highest BCUT2D eigenvalue weighted by atomic mass is 16.5. The fourth-order valence-corrected chi connectivity index (χ4v) is 4.74. The second kappa shape index (κ2) is 17.4. The van der Waals surface area contributed by atoms with Gasteiger partial charge in [0, 0.05) is 42.6 Å². The second-order valence-corrected chi connectivity index (χ2v) is 10.5. The second-order valence-electron chi connectivity index (χ2n) is 10.5. The van der Waals surface area contributed by atoms with Gasteiger partial charge in [-0.15, -0.1) is 0 Å². The monoisotopic (exact) mass is 608 g/mol. The lowest BCUT2D eigenvalue weighted by Crippen LogP contribution is -2.27. The predicted molar refractivity (Wildman–Crippen MR) is 176 cm³/mol. The first-order chi connectivity index (χ1) is 22.0. The van der Waals surface area contributed by atoms with Crippen molar-refractivity contribution >= 4 is 29.2 Å². The third-order valence-corrected chi connectivity index (χ3v) is 7.15. The molecule has 8 heteroatoms. The summed E-state index contributed by atoms with van der Waals surface area (Å²) in [6.07, 6.45) is 2.92. The predicted octanol–water partition coefficient (Wildman–Crippen LogP) is 7.43. The fraction of sp³-hybridized carbons (Fsp3) is 0.270. The van der Waals surface area contributed by atoms with Crippen molar-refractivity contribution in [3.05, 3.63) is 125 Å². The van der Waals surface area contributed by atoms with Gasteiger partial charge in [-0.1, -0.05) is 67.1 Å². The minimum atomic E-state index is -0.303. The van der Waals surface area contributed by atoms with Gasteiger partial charge in [0.25, 0.3) is 11.8 Å². The number of esters is 1. The number of amides is 2. The summed E-state index contributed by atoms with van der Waals surface area (Å²) in [5.41, 5.74) is 4.13. The number of hydrogen-bond acceptors (Lipinski definition) is 6. The van der Waals surface area contributed by atoms with E-state index < -0.39 is 0 Å². The Morgan fingerprint density at radius 2 is 1.47 bits per heavy atom. The summed E-state index contributed by atoms with van der Waals surface area (Å²) in [6, 6.07) is 31.3. The van der Waals surface area contributed by atoms with E-state index >= 15 is 0 Å². The molecular formula is C37H40N2O6.